The van der Waals surface area contributed by atoms with Crippen LogP contribution >= 0.6 is 11.3 Å². The molecule has 2 aromatic carbocycles. The van der Waals surface area contributed by atoms with Crippen molar-refractivity contribution in [3.63, 3.8) is 0 Å². The molecule has 0 bridgehead atoms. The Labute approximate surface area is 213 Å². The first-order chi connectivity index (χ1) is 17.6. The van der Waals surface area contributed by atoms with Gasteiger partial charge in [0.2, 0.25) is 0 Å². The SMILES string of the molecule is O=C(NCc1ccc(OC(F)F)cc1)c1csc(C2CCN(C(=O)c3ccccc3C(F)(F)F)CC2)n1. The molecule has 37 heavy (non-hydrogen) atoms. The van der Waals surface area contributed by atoms with E-state index in [-0.39, 0.29) is 42.6 Å². The van der Waals surface area contributed by atoms with E-state index in [9.17, 15) is 31.5 Å². The molecule has 12 heteroatoms. The summed E-state index contributed by atoms with van der Waals surface area (Å²) < 4.78 is 68.7. The third kappa shape index (κ3) is 6.62. The van der Waals surface area contributed by atoms with E-state index in [1.54, 1.807) is 17.5 Å². The average molecular weight is 540 g/mol. The Morgan fingerprint density at radius 1 is 1.08 bits per heavy atom. The number of piperidine rings is 1. The molecule has 0 spiro atoms. The monoisotopic (exact) mass is 539 g/mol. The third-order valence-corrected chi connectivity index (χ3v) is 6.96. The highest BCUT2D eigenvalue weighted by atomic mass is 32.1. The Hall–Kier alpha value is -3.54. The Balaban J connectivity index is 1.30. The number of nitrogens with zero attached hydrogens (tertiary/aromatic N) is 2. The van der Waals surface area contributed by atoms with Gasteiger partial charge in [-0.15, -0.1) is 11.3 Å². The van der Waals surface area contributed by atoms with E-state index < -0.39 is 30.2 Å². The number of rotatable bonds is 7. The van der Waals surface area contributed by atoms with E-state index in [1.165, 1.54) is 46.6 Å². The van der Waals surface area contributed by atoms with E-state index in [1.807, 2.05) is 0 Å². The summed E-state index contributed by atoms with van der Waals surface area (Å²) >= 11 is 1.31. The van der Waals surface area contributed by atoms with Crippen LogP contribution in [-0.4, -0.2) is 41.4 Å². The van der Waals surface area contributed by atoms with Crippen molar-refractivity contribution >= 4 is 23.2 Å². The van der Waals surface area contributed by atoms with Gasteiger partial charge in [-0.1, -0.05) is 24.3 Å². The molecular formula is C25H22F5N3O3S. The molecule has 0 radical (unpaired) electrons. The zero-order valence-electron chi connectivity index (χ0n) is 19.3. The molecule has 2 heterocycles. The molecule has 3 aromatic rings. The predicted octanol–water partition coefficient (Wildman–Crippen LogP) is 5.71. The van der Waals surface area contributed by atoms with Crippen LogP contribution in [0.1, 0.15) is 55.7 Å². The van der Waals surface area contributed by atoms with Crippen LogP contribution < -0.4 is 10.1 Å². The van der Waals surface area contributed by atoms with Gasteiger partial charge in [-0.2, -0.15) is 22.0 Å². The maximum atomic E-state index is 13.3. The zero-order valence-corrected chi connectivity index (χ0v) is 20.1. The third-order valence-electron chi connectivity index (χ3n) is 5.95. The summed E-state index contributed by atoms with van der Waals surface area (Å²) in [6.45, 7) is -2.19. The minimum Gasteiger partial charge on any atom is -0.435 e. The van der Waals surface area contributed by atoms with E-state index in [2.05, 4.69) is 15.0 Å². The van der Waals surface area contributed by atoms with Crippen molar-refractivity contribution in [3.8, 4) is 5.75 Å². The summed E-state index contributed by atoms with van der Waals surface area (Å²) in [6, 6.07) is 10.6. The molecule has 1 fully saturated rings. The lowest BCUT2D eigenvalue weighted by Crippen LogP contribution is -2.38. The maximum absolute atomic E-state index is 13.3. The molecule has 0 saturated carbocycles. The number of hydrogen-bond donors (Lipinski definition) is 1. The van der Waals surface area contributed by atoms with Gasteiger partial charge in [0.05, 0.1) is 16.1 Å². The minimum absolute atomic E-state index is 0.0177. The van der Waals surface area contributed by atoms with Crippen LogP contribution in [0.3, 0.4) is 0 Å². The van der Waals surface area contributed by atoms with Gasteiger partial charge in [-0.25, -0.2) is 4.98 Å². The standard InChI is InChI=1S/C25H22F5N3O3S/c26-24(27)36-17-7-5-15(6-8-17)13-31-21(34)20-14-37-22(32-20)16-9-11-33(12-10-16)23(35)18-3-1-2-4-19(18)25(28,29)30/h1-8,14,16,24H,9-13H2,(H,31,34). The summed E-state index contributed by atoms with van der Waals surface area (Å²) in [4.78, 5) is 31.1. The number of carbonyl (C=O) groups excluding carboxylic acids is 2. The number of halogens is 5. The molecule has 0 atom stereocenters. The lowest BCUT2D eigenvalue weighted by Gasteiger charge is -2.31. The molecule has 1 aliphatic heterocycles. The first kappa shape index (κ1) is 26.5. The lowest BCUT2D eigenvalue weighted by atomic mass is 9.96. The molecule has 1 saturated heterocycles. The summed E-state index contributed by atoms with van der Waals surface area (Å²) in [5, 5.41) is 5.07. The number of nitrogens with one attached hydrogen (secondary N) is 1. The fraction of sp³-hybridized carbons (Fsp3) is 0.320. The number of likely N-dealkylation sites (tertiary alicyclic amines) is 1. The number of thiazole rings is 1. The largest absolute Gasteiger partial charge is 0.435 e. The van der Waals surface area contributed by atoms with Crippen LogP contribution in [0.4, 0.5) is 22.0 Å². The normalized spacial score (nSPS) is 14.6. The summed E-state index contributed by atoms with van der Waals surface area (Å²) in [5.41, 5.74) is -0.391. The quantitative estimate of drug-likeness (QED) is 0.391. The Kier molecular flexibility index (Phi) is 8.06. The number of ether oxygens (including phenoxy) is 1. The average Bonchev–Trinajstić information content (AvgIpc) is 3.37. The van der Waals surface area contributed by atoms with Gasteiger partial charge in [-0.05, 0) is 42.7 Å². The summed E-state index contributed by atoms with van der Waals surface area (Å²) in [6.07, 6.45) is -3.59. The first-order valence-corrected chi connectivity index (χ1v) is 12.2. The lowest BCUT2D eigenvalue weighted by molar-refractivity contribution is -0.138. The zero-order chi connectivity index (χ0) is 26.6. The van der Waals surface area contributed by atoms with Crippen molar-refractivity contribution in [3.05, 3.63) is 81.3 Å². The van der Waals surface area contributed by atoms with Gasteiger partial charge >= 0.3 is 12.8 Å². The molecule has 1 N–H and O–H groups in total. The highest BCUT2D eigenvalue weighted by Gasteiger charge is 2.36. The van der Waals surface area contributed by atoms with E-state index in [0.717, 1.165) is 11.1 Å². The van der Waals surface area contributed by atoms with Crippen LogP contribution in [-0.2, 0) is 12.7 Å². The number of hydrogen-bond acceptors (Lipinski definition) is 5. The van der Waals surface area contributed by atoms with Crippen molar-refractivity contribution in [1.29, 1.82) is 0 Å². The molecule has 0 unspecified atom stereocenters. The Morgan fingerprint density at radius 2 is 1.76 bits per heavy atom. The smallest absolute Gasteiger partial charge is 0.417 e. The second-order valence-corrected chi connectivity index (χ2v) is 9.28. The van der Waals surface area contributed by atoms with Gasteiger partial charge in [0.25, 0.3) is 11.8 Å². The van der Waals surface area contributed by atoms with Crippen LogP contribution in [0, 0.1) is 0 Å². The predicted molar refractivity (Wildman–Crippen MR) is 126 cm³/mol. The number of carbonyl (C=O) groups is 2. The molecule has 1 aromatic heterocycles. The number of aromatic nitrogens is 1. The van der Waals surface area contributed by atoms with Crippen LogP contribution in [0.25, 0.3) is 0 Å². The van der Waals surface area contributed by atoms with Crippen molar-refractivity contribution < 1.29 is 36.3 Å². The second-order valence-electron chi connectivity index (χ2n) is 8.39. The number of benzene rings is 2. The van der Waals surface area contributed by atoms with Crippen LogP contribution in [0.5, 0.6) is 5.75 Å². The van der Waals surface area contributed by atoms with Gasteiger partial charge < -0.3 is 15.0 Å². The molecular weight excluding hydrogens is 517 g/mol. The van der Waals surface area contributed by atoms with E-state index in [4.69, 9.17) is 0 Å². The molecule has 4 rings (SSSR count). The van der Waals surface area contributed by atoms with Crippen LogP contribution in [0.2, 0.25) is 0 Å². The molecule has 0 aliphatic carbocycles. The number of alkyl halides is 5. The maximum Gasteiger partial charge on any atom is 0.417 e. The summed E-state index contributed by atoms with van der Waals surface area (Å²) in [5.74, 6) is -1.05. The van der Waals surface area contributed by atoms with E-state index >= 15 is 0 Å². The van der Waals surface area contributed by atoms with Gasteiger partial charge in [0.1, 0.15) is 11.4 Å². The van der Waals surface area contributed by atoms with E-state index in [0.29, 0.717) is 18.4 Å². The van der Waals surface area contributed by atoms with Crippen molar-refractivity contribution in [2.75, 3.05) is 13.1 Å². The molecule has 1 aliphatic rings. The van der Waals surface area contributed by atoms with Crippen LogP contribution in [0.15, 0.2) is 53.9 Å². The fourth-order valence-corrected chi connectivity index (χ4v) is 5.03. The fourth-order valence-electron chi connectivity index (χ4n) is 4.06. The molecule has 2 amide bonds. The Morgan fingerprint density at radius 3 is 2.41 bits per heavy atom. The number of amides is 2. The molecule has 196 valence electrons. The molecule has 6 nitrogen and oxygen atoms in total. The first-order valence-electron chi connectivity index (χ1n) is 11.3. The second kappa shape index (κ2) is 11.2. The Bertz CT molecular complexity index is 1240. The topological polar surface area (TPSA) is 71.5 Å². The highest BCUT2D eigenvalue weighted by molar-refractivity contribution is 7.09. The van der Waals surface area contributed by atoms with Gasteiger partial charge in [-0.3, -0.25) is 9.59 Å². The summed E-state index contributed by atoms with van der Waals surface area (Å²) in [7, 11) is 0. The van der Waals surface area contributed by atoms with Gasteiger partial charge in [0, 0.05) is 30.9 Å². The highest BCUT2D eigenvalue weighted by Crippen LogP contribution is 2.34. The van der Waals surface area contributed by atoms with Gasteiger partial charge in [0.15, 0.2) is 0 Å². The van der Waals surface area contributed by atoms with Crippen molar-refractivity contribution in [2.45, 2.75) is 38.1 Å². The minimum atomic E-state index is -4.62. The van der Waals surface area contributed by atoms with Crippen molar-refractivity contribution in [2.24, 2.45) is 0 Å². The van der Waals surface area contributed by atoms with Crippen molar-refractivity contribution in [1.82, 2.24) is 15.2 Å².